The zero-order valence-corrected chi connectivity index (χ0v) is 10.8. The molecule has 1 atom stereocenters. The average molecular weight is 274 g/mol. The highest BCUT2D eigenvalue weighted by Gasteiger charge is 2.32. The number of pyridine rings is 1. The standard InChI is InChI=1S/C12H17F3N4/c1-3-19(7-8(2)11(16)17)10-6-4-5-9(18-10)12(13,14)15/h4-6,8H,3,7H2,1-2H3,(H3,16,17). The summed E-state index contributed by atoms with van der Waals surface area (Å²) in [7, 11) is 0. The fraction of sp³-hybridized carbons (Fsp3) is 0.500. The zero-order chi connectivity index (χ0) is 14.6. The van der Waals surface area contributed by atoms with Crippen LogP contribution in [0, 0.1) is 11.3 Å². The number of alkyl halides is 3. The molecule has 0 radical (unpaired) electrons. The topological polar surface area (TPSA) is 66.0 Å². The second-order valence-corrected chi connectivity index (χ2v) is 4.27. The molecule has 0 fully saturated rings. The Bertz CT molecular complexity index is 445. The molecule has 7 heteroatoms. The van der Waals surface area contributed by atoms with Crippen molar-refractivity contribution in [2.24, 2.45) is 11.7 Å². The predicted octanol–water partition coefficient (Wildman–Crippen LogP) is 2.50. The average Bonchev–Trinajstić information content (AvgIpc) is 2.34. The van der Waals surface area contributed by atoms with Crippen LogP contribution in [0.5, 0.6) is 0 Å². The Morgan fingerprint density at radius 2 is 2.11 bits per heavy atom. The number of anilines is 1. The number of amidine groups is 1. The number of hydrogen-bond donors (Lipinski definition) is 2. The van der Waals surface area contributed by atoms with E-state index in [1.807, 2.05) is 6.92 Å². The van der Waals surface area contributed by atoms with E-state index in [1.165, 1.54) is 12.1 Å². The maximum atomic E-state index is 12.6. The van der Waals surface area contributed by atoms with Gasteiger partial charge in [0.15, 0.2) is 0 Å². The second kappa shape index (κ2) is 5.90. The third-order valence-electron chi connectivity index (χ3n) is 2.76. The first-order valence-electron chi connectivity index (χ1n) is 5.88. The molecule has 19 heavy (non-hydrogen) atoms. The number of halogens is 3. The van der Waals surface area contributed by atoms with Crippen LogP contribution in [0.3, 0.4) is 0 Å². The smallest absolute Gasteiger partial charge is 0.387 e. The third kappa shape index (κ3) is 4.11. The van der Waals surface area contributed by atoms with Gasteiger partial charge in [0.1, 0.15) is 11.5 Å². The molecule has 1 unspecified atom stereocenters. The largest absolute Gasteiger partial charge is 0.433 e. The molecule has 0 saturated carbocycles. The van der Waals surface area contributed by atoms with Crippen LogP contribution in [0.4, 0.5) is 19.0 Å². The van der Waals surface area contributed by atoms with Crippen LogP contribution in [0.2, 0.25) is 0 Å². The van der Waals surface area contributed by atoms with E-state index >= 15 is 0 Å². The summed E-state index contributed by atoms with van der Waals surface area (Å²) in [5.74, 6) is 0.00661. The molecule has 0 aliphatic carbocycles. The Labute approximate surface area is 109 Å². The fourth-order valence-corrected chi connectivity index (χ4v) is 1.57. The summed E-state index contributed by atoms with van der Waals surface area (Å²) in [5.41, 5.74) is 4.45. The molecule has 0 amide bonds. The number of aromatic nitrogens is 1. The summed E-state index contributed by atoms with van der Waals surface area (Å²) in [6.07, 6.45) is -4.46. The van der Waals surface area contributed by atoms with E-state index in [2.05, 4.69) is 4.98 Å². The van der Waals surface area contributed by atoms with Gasteiger partial charge in [0.2, 0.25) is 0 Å². The number of nitrogens with two attached hydrogens (primary N) is 1. The van der Waals surface area contributed by atoms with Crippen molar-refractivity contribution in [3.63, 3.8) is 0 Å². The van der Waals surface area contributed by atoms with Gasteiger partial charge >= 0.3 is 6.18 Å². The van der Waals surface area contributed by atoms with Crippen molar-refractivity contribution < 1.29 is 13.2 Å². The third-order valence-corrected chi connectivity index (χ3v) is 2.76. The first-order chi connectivity index (χ1) is 8.75. The molecule has 1 rings (SSSR count). The van der Waals surface area contributed by atoms with Crippen molar-refractivity contribution in [2.45, 2.75) is 20.0 Å². The van der Waals surface area contributed by atoms with E-state index < -0.39 is 11.9 Å². The lowest BCUT2D eigenvalue weighted by atomic mass is 10.1. The molecule has 4 nitrogen and oxygen atoms in total. The summed E-state index contributed by atoms with van der Waals surface area (Å²) in [4.78, 5) is 5.29. The number of nitrogens with one attached hydrogen (secondary N) is 1. The van der Waals surface area contributed by atoms with Gasteiger partial charge in [-0.1, -0.05) is 13.0 Å². The highest BCUT2D eigenvalue weighted by atomic mass is 19.4. The minimum atomic E-state index is -4.46. The van der Waals surface area contributed by atoms with E-state index in [9.17, 15) is 13.2 Å². The van der Waals surface area contributed by atoms with Crippen LogP contribution < -0.4 is 10.6 Å². The van der Waals surface area contributed by atoms with Crippen molar-refractivity contribution in [1.29, 1.82) is 5.41 Å². The summed E-state index contributed by atoms with van der Waals surface area (Å²) in [6, 6.07) is 3.78. The van der Waals surface area contributed by atoms with Crippen LogP contribution in [0.1, 0.15) is 19.5 Å². The van der Waals surface area contributed by atoms with Crippen molar-refractivity contribution in [2.75, 3.05) is 18.0 Å². The number of rotatable bonds is 5. The van der Waals surface area contributed by atoms with E-state index in [-0.39, 0.29) is 17.6 Å². The molecule has 0 aromatic carbocycles. The fourth-order valence-electron chi connectivity index (χ4n) is 1.57. The van der Waals surface area contributed by atoms with Crippen LogP contribution in [-0.4, -0.2) is 23.9 Å². The van der Waals surface area contributed by atoms with E-state index in [1.54, 1.807) is 11.8 Å². The maximum absolute atomic E-state index is 12.6. The van der Waals surface area contributed by atoms with Crippen LogP contribution in [0.25, 0.3) is 0 Å². The lowest BCUT2D eigenvalue weighted by Gasteiger charge is -2.25. The van der Waals surface area contributed by atoms with Crippen molar-refractivity contribution in [3.05, 3.63) is 23.9 Å². The molecule has 1 heterocycles. The monoisotopic (exact) mass is 274 g/mol. The lowest BCUT2D eigenvalue weighted by molar-refractivity contribution is -0.141. The zero-order valence-electron chi connectivity index (χ0n) is 10.8. The van der Waals surface area contributed by atoms with Gasteiger partial charge in [-0.2, -0.15) is 13.2 Å². The van der Waals surface area contributed by atoms with Gasteiger partial charge in [-0.25, -0.2) is 4.98 Å². The molecule has 3 N–H and O–H groups in total. The van der Waals surface area contributed by atoms with Gasteiger partial charge in [0.05, 0.1) is 5.84 Å². The molecular weight excluding hydrogens is 257 g/mol. The Balaban J connectivity index is 2.96. The van der Waals surface area contributed by atoms with Crippen LogP contribution in [-0.2, 0) is 6.18 Å². The first kappa shape index (κ1) is 15.3. The Hall–Kier alpha value is -1.79. The minimum Gasteiger partial charge on any atom is -0.387 e. The lowest BCUT2D eigenvalue weighted by Crippen LogP contribution is -2.35. The molecule has 0 aliphatic rings. The van der Waals surface area contributed by atoms with Crippen molar-refractivity contribution >= 4 is 11.7 Å². The van der Waals surface area contributed by atoms with Gasteiger partial charge in [-0.3, -0.25) is 5.41 Å². The highest BCUT2D eigenvalue weighted by Crippen LogP contribution is 2.28. The van der Waals surface area contributed by atoms with Gasteiger partial charge in [-0.15, -0.1) is 0 Å². The van der Waals surface area contributed by atoms with Gasteiger partial charge < -0.3 is 10.6 Å². The number of hydrogen-bond acceptors (Lipinski definition) is 3. The summed E-state index contributed by atoms with van der Waals surface area (Å²) < 4.78 is 37.8. The van der Waals surface area contributed by atoms with Gasteiger partial charge in [0, 0.05) is 19.0 Å². The molecule has 1 aromatic heterocycles. The molecule has 0 aliphatic heterocycles. The van der Waals surface area contributed by atoms with Gasteiger partial charge in [-0.05, 0) is 19.1 Å². The Morgan fingerprint density at radius 3 is 2.58 bits per heavy atom. The van der Waals surface area contributed by atoms with Crippen LogP contribution >= 0.6 is 0 Å². The maximum Gasteiger partial charge on any atom is 0.433 e. The Kier molecular flexibility index (Phi) is 4.74. The van der Waals surface area contributed by atoms with Gasteiger partial charge in [0.25, 0.3) is 0 Å². The molecule has 0 spiro atoms. The summed E-state index contributed by atoms with van der Waals surface area (Å²) in [6.45, 7) is 4.42. The predicted molar refractivity (Wildman–Crippen MR) is 68.2 cm³/mol. The molecule has 0 saturated heterocycles. The molecule has 0 bridgehead atoms. The van der Waals surface area contributed by atoms with E-state index in [0.717, 1.165) is 6.07 Å². The normalized spacial score (nSPS) is 13.1. The highest BCUT2D eigenvalue weighted by molar-refractivity contribution is 5.79. The molecule has 1 aromatic rings. The second-order valence-electron chi connectivity index (χ2n) is 4.27. The summed E-state index contributed by atoms with van der Waals surface area (Å²) in [5, 5.41) is 7.32. The van der Waals surface area contributed by atoms with E-state index in [0.29, 0.717) is 13.1 Å². The summed E-state index contributed by atoms with van der Waals surface area (Å²) >= 11 is 0. The quantitative estimate of drug-likeness (QED) is 0.640. The minimum absolute atomic E-state index is 0.00502. The molecular formula is C12H17F3N4. The number of nitrogens with zero attached hydrogens (tertiary/aromatic N) is 2. The molecule has 106 valence electrons. The first-order valence-corrected chi connectivity index (χ1v) is 5.88. The van der Waals surface area contributed by atoms with Crippen molar-refractivity contribution in [1.82, 2.24) is 4.98 Å². The van der Waals surface area contributed by atoms with Crippen molar-refractivity contribution in [3.8, 4) is 0 Å². The van der Waals surface area contributed by atoms with Crippen LogP contribution in [0.15, 0.2) is 18.2 Å². The van der Waals surface area contributed by atoms with E-state index in [4.69, 9.17) is 11.1 Å². The Morgan fingerprint density at radius 1 is 1.47 bits per heavy atom. The SMILES string of the molecule is CCN(CC(C)C(=N)N)c1cccc(C(F)(F)F)n1.